The SMILES string of the molecule is CCNC(=O)CCC(=O)NC(C(=O)O)C(C)C. The maximum absolute atomic E-state index is 11.4. The van der Waals surface area contributed by atoms with Crippen LogP contribution in [-0.2, 0) is 14.4 Å². The summed E-state index contributed by atoms with van der Waals surface area (Å²) in [5, 5.41) is 13.8. The zero-order valence-corrected chi connectivity index (χ0v) is 10.4. The molecular formula is C11H20N2O4. The predicted molar refractivity (Wildman–Crippen MR) is 62.3 cm³/mol. The maximum atomic E-state index is 11.4. The lowest BCUT2D eigenvalue weighted by atomic mass is 10.0. The number of amides is 2. The second-order valence-corrected chi connectivity index (χ2v) is 4.08. The molecule has 2 amide bonds. The number of hydrogen-bond donors (Lipinski definition) is 3. The molecule has 0 spiro atoms. The van der Waals surface area contributed by atoms with E-state index in [0.717, 1.165) is 0 Å². The fourth-order valence-electron chi connectivity index (χ4n) is 1.27. The van der Waals surface area contributed by atoms with E-state index in [4.69, 9.17) is 5.11 Å². The molecule has 98 valence electrons. The first kappa shape index (κ1) is 15.4. The summed E-state index contributed by atoms with van der Waals surface area (Å²) in [4.78, 5) is 33.3. The van der Waals surface area contributed by atoms with Crippen LogP contribution in [0.5, 0.6) is 0 Å². The Bertz CT molecular complexity index is 289. The van der Waals surface area contributed by atoms with Crippen molar-refractivity contribution in [3.05, 3.63) is 0 Å². The van der Waals surface area contributed by atoms with Gasteiger partial charge in [-0.25, -0.2) is 4.79 Å². The van der Waals surface area contributed by atoms with Crippen LogP contribution in [0.25, 0.3) is 0 Å². The van der Waals surface area contributed by atoms with Crippen LogP contribution in [0.1, 0.15) is 33.6 Å². The molecule has 17 heavy (non-hydrogen) atoms. The van der Waals surface area contributed by atoms with Crippen molar-refractivity contribution in [2.75, 3.05) is 6.54 Å². The van der Waals surface area contributed by atoms with Crippen LogP contribution in [0, 0.1) is 5.92 Å². The predicted octanol–water partition coefficient (Wildman–Crippen LogP) is 0.128. The van der Waals surface area contributed by atoms with E-state index in [1.807, 2.05) is 0 Å². The summed E-state index contributed by atoms with van der Waals surface area (Å²) in [6, 6.07) is -0.906. The smallest absolute Gasteiger partial charge is 0.326 e. The van der Waals surface area contributed by atoms with Crippen molar-refractivity contribution in [2.24, 2.45) is 5.92 Å². The van der Waals surface area contributed by atoms with E-state index in [1.165, 1.54) is 0 Å². The Morgan fingerprint density at radius 3 is 2.06 bits per heavy atom. The van der Waals surface area contributed by atoms with Crippen molar-refractivity contribution in [1.82, 2.24) is 10.6 Å². The van der Waals surface area contributed by atoms with E-state index in [1.54, 1.807) is 20.8 Å². The van der Waals surface area contributed by atoms with E-state index in [9.17, 15) is 14.4 Å². The number of nitrogens with one attached hydrogen (secondary N) is 2. The van der Waals surface area contributed by atoms with Gasteiger partial charge in [0.2, 0.25) is 11.8 Å². The van der Waals surface area contributed by atoms with E-state index in [0.29, 0.717) is 6.54 Å². The minimum Gasteiger partial charge on any atom is -0.480 e. The van der Waals surface area contributed by atoms with Crippen molar-refractivity contribution in [1.29, 1.82) is 0 Å². The fourth-order valence-corrected chi connectivity index (χ4v) is 1.27. The maximum Gasteiger partial charge on any atom is 0.326 e. The Morgan fingerprint density at radius 2 is 1.65 bits per heavy atom. The van der Waals surface area contributed by atoms with Gasteiger partial charge in [0.15, 0.2) is 0 Å². The van der Waals surface area contributed by atoms with E-state index < -0.39 is 17.9 Å². The number of rotatable bonds is 7. The third kappa shape index (κ3) is 6.55. The Kier molecular flexibility index (Phi) is 6.93. The van der Waals surface area contributed by atoms with Gasteiger partial charge in [-0.3, -0.25) is 9.59 Å². The van der Waals surface area contributed by atoms with Crippen LogP contribution in [0.15, 0.2) is 0 Å². The molecule has 0 aliphatic rings. The highest BCUT2D eigenvalue weighted by atomic mass is 16.4. The van der Waals surface area contributed by atoms with Crippen LogP contribution < -0.4 is 10.6 Å². The molecule has 6 heteroatoms. The topological polar surface area (TPSA) is 95.5 Å². The number of carbonyl (C=O) groups is 3. The molecule has 0 saturated heterocycles. The van der Waals surface area contributed by atoms with Gasteiger partial charge in [-0.05, 0) is 12.8 Å². The third-order valence-corrected chi connectivity index (χ3v) is 2.20. The largest absolute Gasteiger partial charge is 0.480 e. The Balaban J connectivity index is 4.07. The Morgan fingerprint density at radius 1 is 1.12 bits per heavy atom. The normalized spacial score (nSPS) is 12.0. The van der Waals surface area contributed by atoms with Gasteiger partial charge in [-0.1, -0.05) is 13.8 Å². The molecule has 0 heterocycles. The lowest BCUT2D eigenvalue weighted by molar-refractivity contribution is -0.143. The molecule has 0 radical (unpaired) electrons. The number of carboxylic acid groups (broad SMARTS) is 1. The molecule has 0 saturated carbocycles. The van der Waals surface area contributed by atoms with Crippen LogP contribution in [0.3, 0.4) is 0 Å². The van der Waals surface area contributed by atoms with Gasteiger partial charge in [0.25, 0.3) is 0 Å². The molecule has 1 atom stereocenters. The van der Waals surface area contributed by atoms with E-state index in [2.05, 4.69) is 10.6 Å². The van der Waals surface area contributed by atoms with Gasteiger partial charge in [0.1, 0.15) is 6.04 Å². The molecule has 0 aliphatic heterocycles. The van der Waals surface area contributed by atoms with Crippen molar-refractivity contribution in [3.63, 3.8) is 0 Å². The molecule has 0 aromatic rings. The third-order valence-electron chi connectivity index (χ3n) is 2.20. The fraction of sp³-hybridized carbons (Fsp3) is 0.727. The highest BCUT2D eigenvalue weighted by Gasteiger charge is 2.23. The molecule has 6 nitrogen and oxygen atoms in total. The quantitative estimate of drug-likeness (QED) is 0.593. The second kappa shape index (κ2) is 7.65. The molecule has 0 fully saturated rings. The number of aliphatic carboxylic acids is 1. The minimum atomic E-state index is -1.06. The van der Waals surface area contributed by atoms with Gasteiger partial charge >= 0.3 is 5.97 Å². The first-order valence-corrected chi connectivity index (χ1v) is 5.67. The van der Waals surface area contributed by atoms with Crippen LogP contribution in [0.2, 0.25) is 0 Å². The average Bonchev–Trinajstić information content (AvgIpc) is 2.22. The highest BCUT2D eigenvalue weighted by Crippen LogP contribution is 2.02. The van der Waals surface area contributed by atoms with Crippen LogP contribution >= 0.6 is 0 Å². The first-order valence-electron chi connectivity index (χ1n) is 5.67. The van der Waals surface area contributed by atoms with Gasteiger partial charge in [0.05, 0.1) is 0 Å². The molecule has 1 unspecified atom stereocenters. The number of hydrogen-bond acceptors (Lipinski definition) is 3. The van der Waals surface area contributed by atoms with E-state index >= 15 is 0 Å². The zero-order chi connectivity index (χ0) is 13.4. The van der Waals surface area contributed by atoms with Gasteiger partial charge < -0.3 is 15.7 Å². The summed E-state index contributed by atoms with van der Waals surface area (Å²) in [5.74, 6) is -1.89. The minimum absolute atomic E-state index is 0.00231. The second-order valence-electron chi connectivity index (χ2n) is 4.08. The molecule has 0 aliphatic carbocycles. The molecule has 0 aromatic carbocycles. The Labute approximate surface area is 101 Å². The van der Waals surface area contributed by atoms with Gasteiger partial charge in [-0.15, -0.1) is 0 Å². The van der Waals surface area contributed by atoms with Crippen molar-refractivity contribution >= 4 is 17.8 Å². The summed E-state index contributed by atoms with van der Waals surface area (Å²) in [6.07, 6.45) is 0.0758. The van der Waals surface area contributed by atoms with Gasteiger partial charge in [-0.2, -0.15) is 0 Å². The summed E-state index contributed by atoms with van der Waals surface area (Å²) >= 11 is 0. The van der Waals surface area contributed by atoms with Crippen LogP contribution in [-0.4, -0.2) is 35.5 Å². The highest BCUT2D eigenvalue weighted by molar-refractivity contribution is 5.86. The molecule has 0 aromatic heterocycles. The van der Waals surface area contributed by atoms with Crippen molar-refractivity contribution in [2.45, 2.75) is 39.7 Å². The van der Waals surface area contributed by atoms with Crippen molar-refractivity contribution in [3.8, 4) is 0 Å². The Hall–Kier alpha value is -1.59. The number of carbonyl (C=O) groups excluding carboxylic acids is 2. The van der Waals surface area contributed by atoms with Gasteiger partial charge in [0, 0.05) is 19.4 Å². The first-order chi connectivity index (χ1) is 7.88. The standard InChI is InChI=1S/C11H20N2O4/c1-4-12-8(14)5-6-9(15)13-10(7(2)3)11(16)17/h7,10H,4-6H2,1-3H3,(H,12,14)(H,13,15)(H,16,17). The number of carboxylic acids is 1. The van der Waals surface area contributed by atoms with Crippen molar-refractivity contribution < 1.29 is 19.5 Å². The molecular weight excluding hydrogens is 224 g/mol. The summed E-state index contributed by atoms with van der Waals surface area (Å²) < 4.78 is 0. The summed E-state index contributed by atoms with van der Waals surface area (Å²) in [6.45, 7) is 5.73. The molecule has 0 bridgehead atoms. The summed E-state index contributed by atoms with van der Waals surface area (Å²) in [5.41, 5.74) is 0. The van der Waals surface area contributed by atoms with Crippen LogP contribution in [0.4, 0.5) is 0 Å². The average molecular weight is 244 g/mol. The lowest BCUT2D eigenvalue weighted by Gasteiger charge is -2.17. The van der Waals surface area contributed by atoms with E-state index in [-0.39, 0.29) is 24.7 Å². The monoisotopic (exact) mass is 244 g/mol. The summed E-state index contributed by atoms with van der Waals surface area (Å²) in [7, 11) is 0. The molecule has 0 rings (SSSR count). The lowest BCUT2D eigenvalue weighted by Crippen LogP contribution is -2.44. The molecule has 3 N–H and O–H groups in total. The zero-order valence-electron chi connectivity index (χ0n) is 10.4.